The number of nitrogens with zero attached hydrogens (tertiary/aromatic N) is 3. The number of hydrogen-bond acceptors (Lipinski definition) is 5. The molecule has 0 unspecified atom stereocenters. The van der Waals surface area contributed by atoms with Crippen LogP contribution in [0.4, 0.5) is 13.6 Å². The zero-order chi connectivity index (χ0) is 21.7. The zero-order valence-corrected chi connectivity index (χ0v) is 17.5. The van der Waals surface area contributed by atoms with Crippen molar-refractivity contribution in [2.24, 2.45) is 5.73 Å². The van der Waals surface area contributed by atoms with Crippen LogP contribution in [0.1, 0.15) is 36.8 Å². The van der Waals surface area contributed by atoms with E-state index in [1.54, 1.807) is 12.4 Å². The molecule has 2 N–H and O–H groups in total. The van der Waals surface area contributed by atoms with E-state index in [9.17, 15) is 13.6 Å². The minimum atomic E-state index is -0.853. The summed E-state index contributed by atoms with van der Waals surface area (Å²) in [6.45, 7) is 4.53. The van der Waals surface area contributed by atoms with Crippen LogP contribution >= 0.6 is 11.8 Å². The molecule has 0 saturated carbocycles. The average molecular weight is 432 g/mol. The second-order valence-electron chi connectivity index (χ2n) is 6.95. The van der Waals surface area contributed by atoms with Gasteiger partial charge in [0.05, 0.1) is 12.2 Å². The first kappa shape index (κ1) is 21.8. The number of halogens is 2. The maximum Gasteiger partial charge on any atom is 0.404 e. The third-order valence-corrected chi connectivity index (χ3v) is 5.35. The van der Waals surface area contributed by atoms with Crippen molar-refractivity contribution in [3.8, 4) is 0 Å². The average Bonchev–Trinajstić information content (AvgIpc) is 2.99. The standard InChI is InChI=1S/C21H22F2N4O2S/c1-13(2)19-20(30-17-9-15(22)8-16(23)10-17)27(12-14-4-3-6-25-11-14)18(26-19)5-7-29-21(24)28/h3-4,6,8-11,13H,5,7,12H2,1-2H3,(H2,24,28). The van der Waals surface area contributed by atoms with Gasteiger partial charge in [-0.2, -0.15) is 0 Å². The van der Waals surface area contributed by atoms with Gasteiger partial charge in [0.1, 0.15) is 29.1 Å². The monoisotopic (exact) mass is 432 g/mol. The molecule has 0 aliphatic rings. The fourth-order valence-corrected chi connectivity index (χ4v) is 4.19. The van der Waals surface area contributed by atoms with E-state index in [0.717, 1.165) is 22.3 Å². The van der Waals surface area contributed by atoms with Crippen LogP contribution in [0.5, 0.6) is 0 Å². The van der Waals surface area contributed by atoms with E-state index in [0.29, 0.717) is 23.7 Å². The number of imidazole rings is 1. The molecule has 9 heteroatoms. The van der Waals surface area contributed by atoms with Crippen LogP contribution in [0.2, 0.25) is 0 Å². The van der Waals surface area contributed by atoms with Crippen molar-refractivity contribution in [1.82, 2.24) is 14.5 Å². The first-order valence-electron chi connectivity index (χ1n) is 9.38. The number of aromatic nitrogens is 3. The van der Waals surface area contributed by atoms with Crippen molar-refractivity contribution in [3.63, 3.8) is 0 Å². The molecule has 0 radical (unpaired) electrons. The van der Waals surface area contributed by atoms with Crippen molar-refractivity contribution in [2.45, 2.75) is 42.7 Å². The molecular weight excluding hydrogens is 410 g/mol. The number of ether oxygens (including phenoxy) is 1. The molecule has 3 rings (SSSR count). The molecule has 0 fully saturated rings. The molecule has 0 aliphatic heterocycles. The summed E-state index contributed by atoms with van der Waals surface area (Å²) in [7, 11) is 0. The minimum absolute atomic E-state index is 0.0665. The lowest BCUT2D eigenvalue weighted by atomic mass is 10.1. The van der Waals surface area contributed by atoms with Crippen molar-refractivity contribution >= 4 is 17.9 Å². The summed E-state index contributed by atoms with van der Waals surface area (Å²) in [5.41, 5.74) is 6.79. The Kier molecular flexibility index (Phi) is 7.04. The topological polar surface area (TPSA) is 83.0 Å². The van der Waals surface area contributed by atoms with Crippen LogP contribution in [0.15, 0.2) is 52.6 Å². The number of nitrogens with two attached hydrogens (primary N) is 1. The molecule has 0 atom stereocenters. The molecule has 1 aromatic carbocycles. The lowest BCUT2D eigenvalue weighted by Gasteiger charge is -2.13. The number of carbonyl (C=O) groups is 1. The van der Waals surface area contributed by atoms with Crippen LogP contribution in [-0.4, -0.2) is 27.2 Å². The number of amides is 1. The maximum absolute atomic E-state index is 13.7. The second kappa shape index (κ2) is 9.71. The molecule has 0 aliphatic carbocycles. The van der Waals surface area contributed by atoms with Crippen LogP contribution in [0, 0.1) is 11.6 Å². The summed E-state index contributed by atoms with van der Waals surface area (Å²) in [4.78, 5) is 20.3. The Morgan fingerprint density at radius 1 is 1.27 bits per heavy atom. The van der Waals surface area contributed by atoms with Gasteiger partial charge < -0.3 is 15.0 Å². The summed E-state index contributed by atoms with van der Waals surface area (Å²) in [6, 6.07) is 7.18. The van der Waals surface area contributed by atoms with Crippen LogP contribution < -0.4 is 5.73 Å². The lowest BCUT2D eigenvalue weighted by molar-refractivity contribution is 0.157. The number of benzene rings is 1. The number of pyridine rings is 1. The smallest absolute Gasteiger partial charge is 0.404 e. The minimum Gasteiger partial charge on any atom is -0.449 e. The molecule has 158 valence electrons. The van der Waals surface area contributed by atoms with Gasteiger partial charge in [0.15, 0.2) is 0 Å². The fraction of sp³-hybridized carbons (Fsp3) is 0.286. The molecule has 2 heterocycles. The molecule has 1 amide bonds. The van der Waals surface area contributed by atoms with E-state index >= 15 is 0 Å². The molecule has 0 saturated heterocycles. The molecule has 0 bridgehead atoms. The molecule has 2 aromatic heterocycles. The van der Waals surface area contributed by atoms with Gasteiger partial charge in [-0.25, -0.2) is 18.6 Å². The third kappa shape index (κ3) is 5.56. The summed E-state index contributed by atoms with van der Waals surface area (Å²) < 4.78 is 34.3. The summed E-state index contributed by atoms with van der Waals surface area (Å²) in [5, 5.41) is 0.771. The molecule has 3 aromatic rings. The molecular formula is C21H22F2N4O2S. The Labute approximate surface area is 177 Å². The van der Waals surface area contributed by atoms with E-state index < -0.39 is 17.7 Å². The lowest BCUT2D eigenvalue weighted by Crippen LogP contribution is -2.16. The van der Waals surface area contributed by atoms with Crippen LogP contribution in [-0.2, 0) is 17.7 Å². The van der Waals surface area contributed by atoms with Gasteiger partial charge in [0, 0.05) is 29.8 Å². The summed E-state index contributed by atoms with van der Waals surface area (Å²) in [5.74, 6) is -0.533. The van der Waals surface area contributed by atoms with Crippen molar-refractivity contribution in [2.75, 3.05) is 6.61 Å². The Hall–Kier alpha value is -2.94. The number of rotatable bonds is 8. The molecule has 0 spiro atoms. The number of primary amides is 1. The fourth-order valence-electron chi connectivity index (χ4n) is 2.96. The van der Waals surface area contributed by atoms with Gasteiger partial charge in [-0.1, -0.05) is 31.7 Å². The highest BCUT2D eigenvalue weighted by molar-refractivity contribution is 7.99. The summed E-state index contributed by atoms with van der Waals surface area (Å²) >= 11 is 1.24. The van der Waals surface area contributed by atoms with Crippen LogP contribution in [0.3, 0.4) is 0 Å². The van der Waals surface area contributed by atoms with E-state index in [2.05, 4.69) is 4.98 Å². The second-order valence-corrected chi connectivity index (χ2v) is 8.01. The predicted molar refractivity (Wildman–Crippen MR) is 109 cm³/mol. The quantitative estimate of drug-likeness (QED) is 0.566. The van der Waals surface area contributed by atoms with E-state index in [1.807, 2.05) is 30.5 Å². The normalized spacial score (nSPS) is 11.1. The van der Waals surface area contributed by atoms with Gasteiger partial charge in [-0.15, -0.1) is 0 Å². The number of hydrogen-bond donors (Lipinski definition) is 1. The zero-order valence-electron chi connectivity index (χ0n) is 16.6. The van der Waals surface area contributed by atoms with Crippen molar-refractivity contribution < 1.29 is 18.3 Å². The maximum atomic E-state index is 13.7. The Bertz CT molecular complexity index is 1010. The molecule has 30 heavy (non-hydrogen) atoms. The third-order valence-electron chi connectivity index (χ3n) is 4.26. The van der Waals surface area contributed by atoms with Gasteiger partial charge in [0.2, 0.25) is 0 Å². The largest absolute Gasteiger partial charge is 0.449 e. The SMILES string of the molecule is CC(C)c1nc(CCOC(N)=O)n(Cc2cccnc2)c1Sc1cc(F)cc(F)c1. The highest BCUT2D eigenvalue weighted by Crippen LogP contribution is 2.36. The Balaban J connectivity index is 2.03. The van der Waals surface area contributed by atoms with Gasteiger partial charge in [-0.3, -0.25) is 4.98 Å². The Morgan fingerprint density at radius 2 is 2.00 bits per heavy atom. The highest BCUT2D eigenvalue weighted by Gasteiger charge is 2.21. The van der Waals surface area contributed by atoms with Gasteiger partial charge in [0.25, 0.3) is 0 Å². The van der Waals surface area contributed by atoms with E-state index in [1.165, 1.54) is 23.9 Å². The first-order chi connectivity index (χ1) is 14.3. The first-order valence-corrected chi connectivity index (χ1v) is 10.2. The van der Waals surface area contributed by atoms with Crippen LogP contribution in [0.25, 0.3) is 0 Å². The van der Waals surface area contributed by atoms with Crippen molar-refractivity contribution in [3.05, 3.63) is 71.4 Å². The Morgan fingerprint density at radius 3 is 2.60 bits per heavy atom. The number of carbonyl (C=O) groups excluding carboxylic acids is 1. The van der Waals surface area contributed by atoms with E-state index in [-0.39, 0.29) is 12.5 Å². The van der Waals surface area contributed by atoms with Crippen molar-refractivity contribution in [1.29, 1.82) is 0 Å². The summed E-state index contributed by atoms with van der Waals surface area (Å²) in [6.07, 6.45) is 2.93. The highest BCUT2D eigenvalue weighted by atomic mass is 32.2. The van der Waals surface area contributed by atoms with E-state index in [4.69, 9.17) is 15.5 Å². The predicted octanol–water partition coefficient (Wildman–Crippen LogP) is 4.52. The van der Waals surface area contributed by atoms with Gasteiger partial charge in [-0.05, 0) is 29.7 Å². The van der Waals surface area contributed by atoms with Gasteiger partial charge >= 0.3 is 6.09 Å². The molecule has 6 nitrogen and oxygen atoms in total.